The first-order valence-corrected chi connectivity index (χ1v) is 6.50. The van der Waals surface area contributed by atoms with Crippen molar-refractivity contribution in [3.8, 4) is 0 Å². The molecule has 19 heavy (non-hydrogen) atoms. The Hall–Kier alpha value is -2.08. The van der Waals surface area contributed by atoms with Gasteiger partial charge in [-0.25, -0.2) is 0 Å². The number of hydrogen-bond donors (Lipinski definition) is 2. The maximum absolute atomic E-state index is 10.6. The van der Waals surface area contributed by atoms with E-state index in [1.165, 1.54) is 12.1 Å². The van der Waals surface area contributed by atoms with Gasteiger partial charge in [0.05, 0.1) is 16.3 Å². The molecule has 5 nitrogen and oxygen atoms in total. The van der Waals surface area contributed by atoms with E-state index in [4.69, 9.17) is 0 Å². The van der Waals surface area contributed by atoms with Gasteiger partial charge in [0.15, 0.2) is 0 Å². The van der Waals surface area contributed by atoms with Crippen molar-refractivity contribution in [1.82, 2.24) is 0 Å². The molecule has 0 amide bonds. The first kappa shape index (κ1) is 12.0. The molecule has 2 aromatic carbocycles. The predicted octanol–water partition coefficient (Wildman–Crippen LogP) is 3.89. The molecular weight excluding hydrogens is 310 g/mol. The summed E-state index contributed by atoms with van der Waals surface area (Å²) < 4.78 is 1.00. The van der Waals surface area contributed by atoms with E-state index in [0.717, 1.165) is 21.4 Å². The highest BCUT2D eigenvalue weighted by Gasteiger charge is 2.21. The van der Waals surface area contributed by atoms with Gasteiger partial charge in [0.2, 0.25) is 0 Å². The monoisotopic (exact) mass is 319 g/mol. The summed E-state index contributed by atoms with van der Waals surface area (Å²) in [6.45, 7) is 0. The lowest BCUT2D eigenvalue weighted by Crippen LogP contribution is -2.11. The Morgan fingerprint density at radius 3 is 2.42 bits per heavy atom. The first-order chi connectivity index (χ1) is 9.13. The maximum Gasteiger partial charge on any atom is 0.269 e. The highest BCUT2D eigenvalue weighted by atomic mass is 79.9. The average molecular weight is 320 g/mol. The zero-order valence-electron chi connectivity index (χ0n) is 9.76. The Bertz CT molecular complexity index is 643. The highest BCUT2D eigenvalue weighted by molar-refractivity contribution is 9.10. The van der Waals surface area contributed by atoms with Crippen molar-refractivity contribution in [2.75, 3.05) is 10.6 Å². The van der Waals surface area contributed by atoms with E-state index in [1.54, 1.807) is 12.1 Å². The van der Waals surface area contributed by atoms with E-state index in [0.29, 0.717) is 0 Å². The van der Waals surface area contributed by atoms with Gasteiger partial charge < -0.3 is 10.6 Å². The summed E-state index contributed by atoms with van der Waals surface area (Å²) in [5, 5.41) is 17.3. The van der Waals surface area contributed by atoms with E-state index in [1.807, 2.05) is 18.2 Å². The molecular formula is C13H10BrN3O2. The van der Waals surface area contributed by atoms with Crippen molar-refractivity contribution in [3.63, 3.8) is 0 Å². The SMILES string of the molecule is O=[N+]([O-])c1ccc(C2Nc3ccc(Br)cc3N2)cc1. The standard InChI is InChI=1S/C13H10BrN3O2/c14-9-3-6-11-12(7-9)16-13(15-11)8-1-4-10(5-2-8)17(18)19/h1-7,13,15-16H. The summed E-state index contributed by atoms with van der Waals surface area (Å²) in [7, 11) is 0. The predicted molar refractivity (Wildman–Crippen MR) is 77.2 cm³/mol. The van der Waals surface area contributed by atoms with Gasteiger partial charge in [0.1, 0.15) is 6.17 Å². The quantitative estimate of drug-likeness (QED) is 0.651. The molecule has 3 rings (SSSR count). The van der Waals surface area contributed by atoms with Gasteiger partial charge in [-0.1, -0.05) is 15.9 Å². The third kappa shape index (κ3) is 2.26. The van der Waals surface area contributed by atoms with Gasteiger partial charge in [-0.15, -0.1) is 0 Å². The third-order valence-electron chi connectivity index (χ3n) is 3.02. The van der Waals surface area contributed by atoms with Crippen LogP contribution in [0.2, 0.25) is 0 Å². The molecule has 0 aromatic heterocycles. The fourth-order valence-electron chi connectivity index (χ4n) is 2.06. The second kappa shape index (κ2) is 4.55. The van der Waals surface area contributed by atoms with E-state index in [2.05, 4.69) is 26.6 Å². The number of non-ortho nitro benzene ring substituents is 1. The summed E-state index contributed by atoms with van der Waals surface area (Å²) in [6, 6.07) is 12.5. The minimum absolute atomic E-state index is 0.0647. The molecule has 0 bridgehead atoms. The molecule has 0 saturated heterocycles. The van der Waals surface area contributed by atoms with E-state index < -0.39 is 4.92 Å². The molecule has 0 radical (unpaired) electrons. The summed E-state index contributed by atoms with van der Waals surface area (Å²) in [5.74, 6) is 0. The average Bonchev–Trinajstić information content (AvgIpc) is 2.81. The molecule has 1 aliphatic rings. The summed E-state index contributed by atoms with van der Waals surface area (Å²) >= 11 is 3.42. The van der Waals surface area contributed by atoms with Crippen LogP contribution in [0.25, 0.3) is 0 Å². The molecule has 0 fully saturated rings. The molecule has 6 heteroatoms. The van der Waals surface area contributed by atoms with Gasteiger partial charge >= 0.3 is 0 Å². The molecule has 0 saturated carbocycles. The van der Waals surface area contributed by atoms with E-state index in [9.17, 15) is 10.1 Å². The summed E-state index contributed by atoms with van der Waals surface area (Å²) in [5.41, 5.74) is 3.09. The van der Waals surface area contributed by atoms with Gasteiger partial charge in [0, 0.05) is 16.6 Å². The second-order valence-electron chi connectivity index (χ2n) is 4.26. The Labute approximate surface area is 117 Å². The van der Waals surface area contributed by atoms with Crippen molar-refractivity contribution < 1.29 is 4.92 Å². The van der Waals surface area contributed by atoms with Crippen molar-refractivity contribution in [1.29, 1.82) is 0 Å². The van der Waals surface area contributed by atoms with Crippen LogP contribution in [0.4, 0.5) is 17.1 Å². The molecule has 1 aliphatic heterocycles. The van der Waals surface area contributed by atoms with Crippen LogP contribution in [0.3, 0.4) is 0 Å². The number of anilines is 2. The van der Waals surface area contributed by atoms with Crippen molar-refractivity contribution in [2.24, 2.45) is 0 Å². The van der Waals surface area contributed by atoms with Crippen LogP contribution in [0.5, 0.6) is 0 Å². The molecule has 0 spiro atoms. The molecule has 96 valence electrons. The summed E-state index contributed by atoms with van der Waals surface area (Å²) in [4.78, 5) is 10.2. The number of rotatable bonds is 2. The number of nitrogens with zero attached hydrogens (tertiary/aromatic N) is 1. The van der Waals surface area contributed by atoms with Crippen molar-refractivity contribution in [2.45, 2.75) is 6.17 Å². The fourth-order valence-corrected chi connectivity index (χ4v) is 2.43. The van der Waals surface area contributed by atoms with Crippen LogP contribution in [0, 0.1) is 10.1 Å². The molecule has 0 aliphatic carbocycles. The minimum Gasteiger partial charge on any atom is -0.360 e. The van der Waals surface area contributed by atoms with E-state index >= 15 is 0 Å². The van der Waals surface area contributed by atoms with Gasteiger partial charge in [0.25, 0.3) is 5.69 Å². The lowest BCUT2D eigenvalue weighted by Gasteiger charge is -2.12. The lowest BCUT2D eigenvalue weighted by atomic mass is 10.1. The molecule has 1 heterocycles. The maximum atomic E-state index is 10.6. The number of benzene rings is 2. The van der Waals surface area contributed by atoms with Crippen molar-refractivity contribution in [3.05, 3.63) is 62.6 Å². The smallest absolute Gasteiger partial charge is 0.269 e. The van der Waals surface area contributed by atoms with Gasteiger partial charge in [-0.3, -0.25) is 10.1 Å². The largest absolute Gasteiger partial charge is 0.360 e. The molecule has 2 aromatic rings. The number of hydrogen-bond acceptors (Lipinski definition) is 4. The third-order valence-corrected chi connectivity index (χ3v) is 3.51. The summed E-state index contributed by atoms with van der Waals surface area (Å²) in [6.07, 6.45) is -0.0647. The number of fused-ring (bicyclic) bond motifs is 1. The molecule has 1 unspecified atom stereocenters. The number of halogens is 1. The number of nitrogens with one attached hydrogen (secondary N) is 2. The number of nitro benzene ring substituents is 1. The highest BCUT2D eigenvalue weighted by Crippen LogP contribution is 2.37. The fraction of sp³-hybridized carbons (Fsp3) is 0.0769. The zero-order chi connectivity index (χ0) is 13.4. The Morgan fingerprint density at radius 1 is 1.05 bits per heavy atom. The Balaban J connectivity index is 1.84. The molecule has 2 N–H and O–H groups in total. The normalized spacial score (nSPS) is 16.4. The number of nitro groups is 1. The van der Waals surface area contributed by atoms with Gasteiger partial charge in [-0.2, -0.15) is 0 Å². The molecule has 1 atom stereocenters. The van der Waals surface area contributed by atoms with Crippen LogP contribution in [-0.4, -0.2) is 4.92 Å². The van der Waals surface area contributed by atoms with Crippen LogP contribution in [0.15, 0.2) is 46.9 Å². The lowest BCUT2D eigenvalue weighted by molar-refractivity contribution is -0.384. The van der Waals surface area contributed by atoms with E-state index in [-0.39, 0.29) is 11.9 Å². The van der Waals surface area contributed by atoms with Gasteiger partial charge in [-0.05, 0) is 35.9 Å². The minimum atomic E-state index is -0.398. The Morgan fingerprint density at radius 2 is 1.74 bits per heavy atom. The first-order valence-electron chi connectivity index (χ1n) is 5.70. The zero-order valence-corrected chi connectivity index (χ0v) is 11.3. The Kier molecular flexibility index (Phi) is 2.87. The van der Waals surface area contributed by atoms with Crippen LogP contribution in [-0.2, 0) is 0 Å². The topological polar surface area (TPSA) is 67.2 Å². The van der Waals surface area contributed by atoms with Crippen LogP contribution >= 0.6 is 15.9 Å². The second-order valence-corrected chi connectivity index (χ2v) is 5.18. The van der Waals surface area contributed by atoms with Crippen LogP contribution in [0.1, 0.15) is 11.7 Å². The van der Waals surface area contributed by atoms with Crippen molar-refractivity contribution >= 4 is 33.0 Å². The van der Waals surface area contributed by atoms with Crippen LogP contribution < -0.4 is 10.6 Å².